The first-order valence-electron chi connectivity index (χ1n) is 7.58. The van der Waals surface area contributed by atoms with E-state index >= 15 is 0 Å². The average Bonchev–Trinajstić information content (AvgIpc) is 3.13. The van der Waals surface area contributed by atoms with Crippen molar-refractivity contribution in [1.82, 2.24) is 0 Å². The van der Waals surface area contributed by atoms with Crippen molar-refractivity contribution in [2.24, 2.45) is 5.41 Å². The summed E-state index contributed by atoms with van der Waals surface area (Å²) in [5.74, 6) is 0. The molecule has 2 unspecified atom stereocenters. The van der Waals surface area contributed by atoms with E-state index in [1.165, 1.54) is 11.3 Å². The van der Waals surface area contributed by atoms with Crippen molar-refractivity contribution in [1.29, 1.82) is 0 Å². The summed E-state index contributed by atoms with van der Waals surface area (Å²) in [6.07, 6.45) is 9.55. The molecular weight excluding hydrogens is 242 g/mol. The standard InChI is InChI=1S/C19H30N/c1-9-12-13-16(6)20(8)19(11-3)14-18(19,10-2)17(7)15(4)5/h9,12-13H,4,7-8,10-11,14H2,1-3,5-6H3/q+1/b12-9-,16-13+. The number of nitrogens with zero attached hydrogens (tertiary/aromatic N) is 1. The van der Waals surface area contributed by atoms with Gasteiger partial charge in [0.15, 0.2) is 11.2 Å². The summed E-state index contributed by atoms with van der Waals surface area (Å²) in [5, 5.41) is 0. The van der Waals surface area contributed by atoms with E-state index in [1.54, 1.807) is 0 Å². The third kappa shape index (κ3) is 2.34. The molecule has 2 atom stereocenters. The first kappa shape index (κ1) is 16.7. The highest BCUT2D eigenvalue weighted by Crippen LogP contribution is 2.67. The van der Waals surface area contributed by atoms with Crippen molar-refractivity contribution in [3.63, 3.8) is 0 Å². The lowest BCUT2D eigenvalue weighted by Crippen LogP contribution is -2.33. The van der Waals surface area contributed by atoms with Gasteiger partial charge in [-0.25, -0.2) is 4.58 Å². The van der Waals surface area contributed by atoms with Gasteiger partial charge in [0, 0.05) is 25.8 Å². The van der Waals surface area contributed by atoms with Crippen LogP contribution in [0.15, 0.2) is 48.2 Å². The van der Waals surface area contributed by atoms with E-state index in [-0.39, 0.29) is 11.0 Å². The van der Waals surface area contributed by atoms with E-state index in [9.17, 15) is 0 Å². The number of hydrogen-bond donors (Lipinski definition) is 0. The molecule has 1 aliphatic carbocycles. The molecule has 0 spiro atoms. The second kappa shape index (κ2) is 5.95. The number of hydrogen-bond acceptors (Lipinski definition) is 0. The number of rotatable bonds is 7. The molecule has 0 aliphatic heterocycles. The molecule has 1 fully saturated rings. The summed E-state index contributed by atoms with van der Waals surface area (Å²) >= 11 is 0. The van der Waals surface area contributed by atoms with Gasteiger partial charge in [-0.2, -0.15) is 0 Å². The largest absolute Gasteiger partial charge is 0.203 e. The normalized spacial score (nSPS) is 29.6. The van der Waals surface area contributed by atoms with Gasteiger partial charge in [-0.05, 0) is 25.8 Å². The van der Waals surface area contributed by atoms with Gasteiger partial charge in [0.05, 0.1) is 5.41 Å². The van der Waals surface area contributed by atoms with Gasteiger partial charge in [-0.1, -0.05) is 44.7 Å². The summed E-state index contributed by atoms with van der Waals surface area (Å²) in [6.45, 7) is 23.5. The zero-order valence-electron chi connectivity index (χ0n) is 13.9. The Morgan fingerprint density at radius 1 is 1.20 bits per heavy atom. The lowest BCUT2D eigenvalue weighted by molar-refractivity contribution is -0.535. The van der Waals surface area contributed by atoms with E-state index in [4.69, 9.17) is 0 Å². The van der Waals surface area contributed by atoms with Gasteiger partial charge in [-0.15, -0.1) is 0 Å². The van der Waals surface area contributed by atoms with Gasteiger partial charge in [0.1, 0.15) is 6.72 Å². The molecule has 0 aromatic rings. The molecule has 0 N–H and O–H groups in total. The monoisotopic (exact) mass is 272 g/mol. The van der Waals surface area contributed by atoms with Crippen molar-refractivity contribution in [2.45, 2.75) is 59.4 Å². The molecule has 0 aromatic heterocycles. The van der Waals surface area contributed by atoms with Crippen molar-refractivity contribution in [3.8, 4) is 0 Å². The molecule has 1 nitrogen and oxygen atoms in total. The second-order valence-electron chi connectivity index (χ2n) is 6.02. The van der Waals surface area contributed by atoms with Crippen molar-refractivity contribution in [3.05, 3.63) is 48.2 Å². The molecular formula is C19H30N+. The Morgan fingerprint density at radius 3 is 2.20 bits per heavy atom. The van der Waals surface area contributed by atoms with Gasteiger partial charge in [0.25, 0.3) is 0 Å². The molecule has 1 saturated carbocycles. The van der Waals surface area contributed by atoms with Crippen LogP contribution >= 0.6 is 0 Å². The Labute approximate surface area is 125 Å². The molecule has 0 amide bonds. The van der Waals surface area contributed by atoms with Crippen LogP contribution in [0, 0.1) is 5.41 Å². The summed E-state index contributed by atoms with van der Waals surface area (Å²) in [7, 11) is 0. The molecule has 1 aliphatic rings. The lowest BCUT2D eigenvalue weighted by atomic mass is 9.83. The third-order valence-corrected chi connectivity index (χ3v) is 5.11. The fourth-order valence-electron chi connectivity index (χ4n) is 3.59. The first-order valence-corrected chi connectivity index (χ1v) is 7.58. The molecule has 0 radical (unpaired) electrons. The van der Waals surface area contributed by atoms with Crippen LogP contribution in [0.3, 0.4) is 0 Å². The van der Waals surface area contributed by atoms with Crippen LogP contribution < -0.4 is 0 Å². The molecule has 0 heterocycles. The zero-order valence-corrected chi connectivity index (χ0v) is 13.9. The predicted molar refractivity (Wildman–Crippen MR) is 90.3 cm³/mol. The van der Waals surface area contributed by atoms with Gasteiger partial charge in [-0.3, -0.25) is 0 Å². The van der Waals surface area contributed by atoms with Crippen molar-refractivity contribution < 1.29 is 4.58 Å². The Morgan fingerprint density at radius 2 is 1.80 bits per heavy atom. The van der Waals surface area contributed by atoms with Crippen LogP contribution in [0.2, 0.25) is 0 Å². The highest BCUT2D eigenvalue weighted by molar-refractivity contribution is 5.43. The fraction of sp³-hybridized carbons (Fsp3) is 0.526. The maximum absolute atomic E-state index is 4.34. The van der Waals surface area contributed by atoms with E-state index in [2.05, 4.69) is 64.3 Å². The van der Waals surface area contributed by atoms with Gasteiger partial charge in [0.2, 0.25) is 0 Å². The van der Waals surface area contributed by atoms with Crippen molar-refractivity contribution >= 4 is 6.72 Å². The summed E-state index contributed by atoms with van der Waals surface area (Å²) in [5.41, 5.74) is 3.75. The van der Waals surface area contributed by atoms with Crippen LogP contribution in [0.25, 0.3) is 0 Å². The molecule has 1 heteroatoms. The minimum atomic E-state index is 0.0972. The van der Waals surface area contributed by atoms with Crippen LogP contribution in [-0.2, 0) is 0 Å². The first-order chi connectivity index (χ1) is 9.32. The molecule has 0 saturated heterocycles. The topological polar surface area (TPSA) is 3.01 Å². The van der Waals surface area contributed by atoms with E-state index in [1.807, 2.05) is 13.0 Å². The van der Waals surface area contributed by atoms with Crippen LogP contribution in [0.1, 0.15) is 53.9 Å². The molecule has 20 heavy (non-hydrogen) atoms. The van der Waals surface area contributed by atoms with Crippen LogP contribution in [0.5, 0.6) is 0 Å². The average molecular weight is 272 g/mol. The minimum Gasteiger partial charge on any atom is -0.203 e. The Balaban J connectivity index is 3.17. The summed E-state index contributed by atoms with van der Waals surface area (Å²) in [6, 6.07) is 0. The van der Waals surface area contributed by atoms with Crippen molar-refractivity contribution in [2.75, 3.05) is 0 Å². The van der Waals surface area contributed by atoms with Gasteiger partial charge < -0.3 is 0 Å². The maximum atomic E-state index is 4.34. The van der Waals surface area contributed by atoms with E-state index in [0.717, 1.165) is 24.8 Å². The fourth-order valence-corrected chi connectivity index (χ4v) is 3.59. The molecule has 110 valence electrons. The number of allylic oxidation sites excluding steroid dienone is 5. The Kier molecular flexibility index (Phi) is 4.96. The Hall–Kier alpha value is -1.37. The highest BCUT2D eigenvalue weighted by Gasteiger charge is 2.74. The maximum Gasteiger partial charge on any atom is 0.178 e. The lowest BCUT2D eigenvalue weighted by Gasteiger charge is -2.24. The SMILES string of the molecule is C=C(C)C(=C)C1(CC)CC1(CC)[N+](=C)/C(C)=C/C=C\C. The van der Waals surface area contributed by atoms with E-state index < -0.39 is 0 Å². The highest BCUT2D eigenvalue weighted by atomic mass is 15.2. The summed E-state index contributed by atoms with van der Waals surface area (Å²) < 4.78 is 2.21. The second-order valence-corrected chi connectivity index (χ2v) is 6.02. The van der Waals surface area contributed by atoms with E-state index in [0.29, 0.717) is 0 Å². The molecule has 0 aromatic carbocycles. The Bertz CT molecular complexity index is 492. The summed E-state index contributed by atoms with van der Waals surface area (Å²) in [4.78, 5) is 0. The molecule has 0 bridgehead atoms. The molecule has 1 rings (SSSR count). The third-order valence-electron chi connectivity index (χ3n) is 5.11. The van der Waals surface area contributed by atoms with Crippen LogP contribution in [0.4, 0.5) is 0 Å². The smallest absolute Gasteiger partial charge is 0.178 e. The van der Waals surface area contributed by atoms with Gasteiger partial charge >= 0.3 is 0 Å². The zero-order chi connectivity index (χ0) is 15.6. The minimum absolute atomic E-state index is 0.0972. The van der Waals surface area contributed by atoms with Crippen LogP contribution in [-0.4, -0.2) is 16.8 Å². The quantitative estimate of drug-likeness (QED) is 0.338. The predicted octanol–water partition coefficient (Wildman–Crippen LogP) is 5.26.